The van der Waals surface area contributed by atoms with Gasteiger partial charge in [-0.05, 0) is 46.3 Å². The number of hydrogen-bond acceptors (Lipinski definition) is 4. The first-order valence-corrected chi connectivity index (χ1v) is 6.95. The molecule has 1 N–H and O–H groups in total. The van der Waals surface area contributed by atoms with Gasteiger partial charge in [0, 0.05) is 17.5 Å². The van der Waals surface area contributed by atoms with E-state index in [1.165, 1.54) is 36.4 Å². The Bertz CT molecular complexity index is 321. The van der Waals surface area contributed by atoms with Crippen molar-refractivity contribution in [3.63, 3.8) is 0 Å². The molecule has 0 aromatic carbocycles. The van der Waals surface area contributed by atoms with Crippen LogP contribution in [-0.4, -0.2) is 36.1 Å². The highest BCUT2D eigenvalue weighted by atomic mass is 35.5. The Morgan fingerprint density at radius 3 is 3.00 bits per heavy atom. The van der Waals surface area contributed by atoms with Gasteiger partial charge in [-0.2, -0.15) is 0 Å². The molecular formula is C12H22ClN3S. The lowest BCUT2D eigenvalue weighted by Crippen LogP contribution is -2.31. The van der Waals surface area contributed by atoms with E-state index in [1.54, 1.807) is 11.3 Å². The molecule has 98 valence electrons. The largest absolute Gasteiger partial charge is 0.317 e. The van der Waals surface area contributed by atoms with Crippen LogP contribution in [0.5, 0.6) is 0 Å². The standard InChI is InChI=1S/C12H21N3S.ClH/c1-10-12(16-9-14-10)8-15(2)11-4-3-6-13-7-5-11;/h9,11,13H,3-8H2,1-2H3;1H. The van der Waals surface area contributed by atoms with Crippen LogP contribution >= 0.6 is 23.7 Å². The number of aryl methyl sites for hydroxylation is 1. The van der Waals surface area contributed by atoms with Crippen LogP contribution < -0.4 is 5.32 Å². The molecule has 0 bridgehead atoms. The van der Waals surface area contributed by atoms with Gasteiger partial charge in [-0.15, -0.1) is 23.7 Å². The zero-order chi connectivity index (χ0) is 11.4. The summed E-state index contributed by atoms with van der Waals surface area (Å²) >= 11 is 1.78. The second-order valence-electron chi connectivity index (χ2n) is 4.61. The molecular weight excluding hydrogens is 254 g/mol. The minimum absolute atomic E-state index is 0. The summed E-state index contributed by atoms with van der Waals surface area (Å²) in [6.45, 7) is 5.51. The fourth-order valence-electron chi connectivity index (χ4n) is 2.28. The molecule has 1 atom stereocenters. The first-order valence-electron chi connectivity index (χ1n) is 6.07. The molecule has 1 unspecified atom stereocenters. The Morgan fingerprint density at radius 1 is 1.47 bits per heavy atom. The second-order valence-corrected chi connectivity index (χ2v) is 5.55. The van der Waals surface area contributed by atoms with Crippen molar-refractivity contribution in [1.82, 2.24) is 15.2 Å². The third-order valence-corrected chi connectivity index (χ3v) is 4.33. The van der Waals surface area contributed by atoms with Crippen LogP contribution in [0.1, 0.15) is 29.8 Å². The molecule has 1 aromatic heterocycles. The fourth-order valence-corrected chi connectivity index (χ4v) is 3.11. The maximum Gasteiger partial charge on any atom is 0.0798 e. The number of hydrogen-bond donors (Lipinski definition) is 1. The first-order chi connectivity index (χ1) is 7.77. The highest BCUT2D eigenvalue weighted by Gasteiger charge is 2.17. The van der Waals surface area contributed by atoms with E-state index in [1.807, 2.05) is 5.51 Å². The normalized spacial score (nSPS) is 21.0. The average Bonchev–Trinajstić information content (AvgIpc) is 2.57. The molecule has 1 fully saturated rings. The summed E-state index contributed by atoms with van der Waals surface area (Å²) < 4.78 is 0. The van der Waals surface area contributed by atoms with Crippen LogP contribution in [0.15, 0.2) is 5.51 Å². The van der Waals surface area contributed by atoms with Gasteiger partial charge in [0.15, 0.2) is 0 Å². The van der Waals surface area contributed by atoms with E-state index in [4.69, 9.17) is 0 Å². The summed E-state index contributed by atoms with van der Waals surface area (Å²) in [6.07, 6.45) is 3.90. The van der Waals surface area contributed by atoms with Crippen molar-refractivity contribution in [2.45, 2.75) is 38.8 Å². The van der Waals surface area contributed by atoms with E-state index in [0.717, 1.165) is 19.1 Å². The van der Waals surface area contributed by atoms with E-state index in [-0.39, 0.29) is 12.4 Å². The van der Waals surface area contributed by atoms with Crippen LogP contribution in [0.2, 0.25) is 0 Å². The molecule has 2 heterocycles. The van der Waals surface area contributed by atoms with Crippen LogP contribution in [-0.2, 0) is 6.54 Å². The molecule has 3 nitrogen and oxygen atoms in total. The van der Waals surface area contributed by atoms with Gasteiger partial charge >= 0.3 is 0 Å². The third-order valence-electron chi connectivity index (χ3n) is 3.41. The van der Waals surface area contributed by atoms with Crippen molar-refractivity contribution >= 4 is 23.7 Å². The Balaban J connectivity index is 0.00000144. The minimum Gasteiger partial charge on any atom is -0.317 e. The minimum atomic E-state index is 0. The molecule has 0 aliphatic carbocycles. The summed E-state index contributed by atoms with van der Waals surface area (Å²) in [6, 6.07) is 0.733. The quantitative estimate of drug-likeness (QED) is 0.919. The van der Waals surface area contributed by atoms with E-state index in [2.05, 4.69) is 29.2 Å². The second kappa shape index (κ2) is 7.31. The van der Waals surface area contributed by atoms with Gasteiger partial charge in [-0.3, -0.25) is 4.90 Å². The summed E-state index contributed by atoms with van der Waals surface area (Å²) in [5.74, 6) is 0. The first kappa shape index (κ1) is 14.9. The van der Waals surface area contributed by atoms with Crippen molar-refractivity contribution in [1.29, 1.82) is 0 Å². The monoisotopic (exact) mass is 275 g/mol. The zero-order valence-electron chi connectivity index (χ0n) is 10.6. The lowest BCUT2D eigenvalue weighted by atomic mass is 10.1. The topological polar surface area (TPSA) is 28.2 Å². The van der Waals surface area contributed by atoms with Crippen LogP contribution in [0.25, 0.3) is 0 Å². The van der Waals surface area contributed by atoms with Crippen molar-refractivity contribution in [3.05, 3.63) is 16.1 Å². The Hall–Kier alpha value is -0.160. The van der Waals surface area contributed by atoms with E-state index in [0.29, 0.717) is 0 Å². The van der Waals surface area contributed by atoms with Gasteiger partial charge in [0.05, 0.1) is 11.2 Å². The van der Waals surface area contributed by atoms with Crippen LogP contribution in [0, 0.1) is 6.92 Å². The molecule has 1 aliphatic heterocycles. The molecule has 1 saturated heterocycles. The number of nitrogens with one attached hydrogen (secondary N) is 1. The summed E-state index contributed by atoms with van der Waals surface area (Å²) in [7, 11) is 2.25. The average molecular weight is 276 g/mol. The number of nitrogens with zero attached hydrogens (tertiary/aromatic N) is 2. The molecule has 0 amide bonds. The summed E-state index contributed by atoms with van der Waals surface area (Å²) in [4.78, 5) is 8.22. The number of halogens is 1. The Kier molecular flexibility index (Phi) is 6.41. The summed E-state index contributed by atoms with van der Waals surface area (Å²) in [5.41, 5.74) is 3.15. The van der Waals surface area contributed by atoms with Gasteiger partial charge in [-0.1, -0.05) is 0 Å². The molecule has 0 saturated carbocycles. The lowest BCUT2D eigenvalue weighted by molar-refractivity contribution is 0.218. The number of thiazole rings is 1. The zero-order valence-corrected chi connectivity index (χ0v) is 12.2. The molecule has 0 radical (unpaired) electrons. The maximum atomic E-state index is 4.31. The number of aromatic nitrogens is 1. The van der Waals surface area contributed by atoms with Gasteiger partial charge < -0.3 is 5.32 Å². The summed E-state index contributed by atoms with van der Waals surface area (Å²) in [5, 5.41) is 3.47. The van der Waals surface area contributed by atoms with Gasteiger partial charge in [-0.25, -0.2) is 4.98 Å². The van der Waals surface area contributed by atoms with Crippen molar-refractivity contribution in [2.75, 3.05) is 20.1 Å². The predicted octanol–water partition coefficient (Wildman–Crippen LogP) is 2.45. The maximum absolute atomic E-state index is 4.31. The third kappa shape index (κ3) is 4.21. The lowest BCUT2D eigenvalue weighted by Gasteiger charge is -2.26. The number of rotatable bonds is 3. The van der Waals surface area contributed by atoms with E-state index >= 15 is 0 Å². The molecule has 5 heteroatoms. The van der Waals surface area contributed by atoms with Crippen molar-refractivity contribution in [3.8, 4) is 0 Å². The van der Waals surface area contributed by atoms with Gasteiger partial charge in [0.25, 0.3) is 0 Å². The van der Waals surface area contributed by atoms with Crippen molar-refractivity contribution < 1.29 is 0 Å². The van der Waals surface area contributed by atoms with E-state index in [9.17, 15) is 0 Å². The molecule has 1 aromatic rings. The van der Waals surface area contributed by atoms with E-state index < -0.39 is 0 Å². The molecule has 1 aliphatic rings. The van der Waals surface area contributed by atoms with Gasteiger partial charge in [0.2, 0.25) is 0 Å². The van der Waals surface area contributed by atoms with Crippen LogP contribution in [0.3, 0.4) is 0 Å². The SMILES string of the molecule is Cc1ncsc1CN(C)C1CCCNCC1.Cl. The highest BCUT2D eigenvalue weighted by molar-refractivity contribution is 7.09. The fraction of sp³-hybridized carbons (Fsp3) is 0.750. The van der Waals surface area contributed by atoms with Crippen molar-refractivity contribution in [2.24, 2.45) is 0 Å². The molecule has 0 spiro atoms. The Labute approximate surface area is 114 Å². The van der Waals surface area contributed by atoms with Gasteiger partial charge in [0.1, 0.15) is 0 Å². The molecule has 17 heavy (non-hydrogen) atoms. The predicted molar refractivity (Wildman–Crippen MR) is 76.1 cm³/mol. The molecule has 2 rings (SSSR count). The smallest absolute Gasteiger partial charge is 0.0798 e. The highest BCUT2D eigenvalue weighted by Crippen LogP contribution is 2.19. The Morgan fingerprint density at radius 2 is 2.29 bits per heavy atom. The van der Waals surface area contributed by atoms with Crippen LogP contribution in [0.4, 0.5) is 0 Å².